The lowest BCUT2D eigenvalue weighted by Crippen LogP contribution is -1.96. The number of nitrogen functional groups attached to an aromatic ring is 1. The monoisotopic (exact) mass is 253 g/mol. The van der Waals surface area contributed by atoms with Crippen molar-refractivity contribution in [1.29, 1.82) is 0 Å². The normalized spacial score (nSPS) is 10.4. The van der Waals surface area contributed by atoms with Gasteiger partial charge in [0.25, 0.3) is 0 Å². The standard InChI is InChI=1S/C13H10F3NO/c1-18-7-2-3-8(10(14)4-7)9-5-12(16)13(17)6-11(9)15/h2-6H,17H2,1H3. The van der Waals surface area contributed by atoms with Gasteiger partial charge < -0.3 is 10.5 Å². The fourth-order valence-corrected chi connectivity index (χ4v) is 1.61. The number of ether oxygens (including phenoxy) is 1. The third-order valence-corrected chi connectivity index (χ3v) is 2.55. The number of halogens is 3. The molecule has 2 aromatic carbocycles. The minimum atomic E-state index is -0.790. The van der Waals surface area contributed by atoms with Crippen LogP contribution in [-0.2, 0) is 0 Å². The second-order valence-corrected chi connectivity index (χ2v) is 3.70. The van der Waals surface area contributed by atoms with Gasteiger partial charge in [-0.3, -0.25) is 0 Å². The largest absolute Gasteiger partial charge is 0.497 e. The minimum Gasteiger partial charge on any atom is -0.497 e. The van der Waals surface area contributed by atoms with E-state index >= 15 is 0 Å². The SMILES string of the molecule is COc1ccc(-c2cc(F)c(N)cc2F)c(F)c1. The summed E-state index contributed by atoms with van der Waals surface area (Å²) in [5.74, 6) is -1.97. The number of methoxy groups -OCH3 is 1. The van der Waals surface area contributed by atoms with Crippen molar-refractivity contribution in [3.63, 3.8) is 0 Å². The number of hydrogen-bond donors (Lipinski definition) is 1. The molecular formula is C13H10F3NO. The lowest BCUT2D eigenvalue weighted by molar-refractivity contribution is 0.411. The van der Waals surface area contributed by atoms with Crippen LogP contribution in [0.4, 0.5) is 18.9 Å². The van der Waals surface area contributed by atoms with E-state index in [4.69, 9.17) is 10.5 Å². The van der Waals surface area contributed by atoms with Crippen molar-refractivity contribution in [2.75, 3.05) is 12.8 Å². The first-order valence-corrected chi connectivity index (χ1v) is 5.11. The summed E-state index contributed by atoms with van der Waals surface area (Å²) in [5, 5.41) is 0. The van der Waals surface area contributed by atoms with Crippen LogP contribution in [0.1, 0.15) is 0 Å². The van der Waals surface area contributed by atoms with Crippen molar-refractivity contribution in [2.45, 2.75) is 0 Å². The summed E-state index contributed by atoms with van der Waals surface area (Å²) in [7, 11) is 1.39. The molecule has 0 saturated carbocycles. The molecular weight excluding hydrogens is 243 g/mol. The summed E-state index contributed by atoms with van der Waals surface area (Å²) in [6.45, 7) is 0. The average Bonchev–Trinajstić information content (AvgIpc) is 2.34. The minimum absolute atomic E-state index is 0.0489. The molecule has 0 unspecified atom stereocenters. The summed E-state index contributed by atoms with van der Waals surface area (Å²) in [6, 6.07) is 5.58. The van der Waals surface area contributed by atoms with Crippen molar-refractivity contribution >= 4 is 5.69 Å². The van der Waals surface area contributed by atoms with E-state index in [0.717, 1.165) is 18.2 Å². The number of anilines is 1. The molecule has 0 aliphatic carbocycles. The van der Waals surface area contributed by atoms with Crippen LogP contribution < -0.4 is 10.5 Å². The Labute approximate surface area is 102 Å². The van der Waals surface area contributed by atoms with Crippen molar-refractivity contribution in [3.05, 3.63) is 47.8 Å². The zero-order valence-electron chi connectivity index (χ0n) is 9.51. The van der Waals surface area contributed by atoms with Crippen molar-refractivity contribution in [1.82, 2.24) is 0 Å². The van der Waals surface area contributed by atoms with E-state index in [1.165, 1.54) is 19.2 Å². The van der Waals surface area contributed by atoms with E-state index in [0.29, 0.717) is 5.75 Å². The topological polar surface area (TPSA) is 35.2 Å². The Kier molecular flexibility index (Phi) is 3.14. The van der Waals surface area contributed by atoms with E-state index in [-0.39, 0.29) is 16.8 Å². The maximum absolute atomic E-state index is 13.7. The molecule has 0 radical (unpaired) electrons. The van der Waals surface area contributed by atoms with Gasteiger partial charge in [0.2, 0.25) is 0 Å². The lowest BCUT2D eigenvalue weighted by atomic mass is 10.0. The zero-order valence-corrected chi connectivity index (χ0v) is 9.51. The van der Waals surface area contributed by atoms with Gasteiger partial charge in [0.1, 0.15) is 23.2 Å². The Morgan fingerprint density at radius 1 is 0.889 bits per heavy atom. The van der Waals surface area contributed by atoms with E-state index in [1.807, 2.05) is 0 Å². The molecule has 0 fully saturated rings. The average molecular weight is 253 g/mol. The van der Waals surface area contributed by atoms with Crippen LogP contribution in [-0.4, -0.2) is 7.11 Å². The van der Waals surface area contributed by atoms with Crippen LogP contribution >= 0.6 is 0 Å². The Balaban J connectivity index is 2.58. The molecule has 2 N–H and O–H groups in total. The fourth-order valence-electron chi connectivity index (χ4n) is 1.61. The van der Waals surface area contributed by atoms with Crippen LogP contribution in [0.5, 0.6) is 5.75 Å². The molecule has 0 bridgehead atoms. The number of hydrogen-bond acceptors (Lipinski definition) is 2. The maximum atomic E-state index is 13.7. The van der Waals surface area contributed by atoms with Crippen LogP contribution in [0.3, 0.4) is 0 Å². The highest BCUT2D eigenvalue weighted by atomic mass is 19.1. The Bertz CT molecular complexity index is 599. The Morgan fingerprint density at radius 3 is 2.17 bits per heavy atom. The zero-order chi connectivity index (χ0) is 13.3. The highest BCUT2D eigenvalue weighted by Gasteiger charge is 2.14. The molecule has 2 aromatic rings. The van der Waals surface area contributed by atoms with Crippen LogP contribution in [0, 0.1) is 17.5 Å². The predicted octanol–water partition coefficient (Wildman–Crippen LogP) is 3.36. The van der Waals surface area contributed by atoms with Crippen LogP contribution in [0.2, 0.25) is 0 Å². The van der Waals surface area contributed by atoms with E-state index in [9.17, 15) is 13.2 Å². The molecule has 0 aliphatic rings. The molecule has 0 aliphatic heterocycles. The predicted molar refractivity (Wildman–Crippen MR) is 62.7 cm³/mol. The van der Waals surface area contributed by atoms with Gasteiger partial charge in [0.15, 0.2) is 0 Å². The molecule has 18 heavy (non-hydrogen) atoms. The van der Waals surface area contributed by atoms with Crippen molar-refractivity contribution in [3.8, 4) is 16.9 Å². The van der Waals surface area contributed by atoms with Gasteiger partial charge in [-0.05, 0) is 18.2 Å². The van der Waals surface area contributed by atoms with Gasteiger partial charge in [-0.2, -0.15) is 0 Å². The summed E-state index contributed by atoms with van der Waals surface area (Å²) in [5.41, 5.74) is 4.68. The fraction of sp³-hybridized carbons (Fsp3) is 0.0769. The quantitative estimate of drug-likeness (QED) is 0.833. The Hall–Kier alpha value is -2.17. The number of nitrogens with two attached hydrogens (primary N) is 1. The number of benzene rings is 2. The molecule has 0 amide bonds. The third kappa shape index (κ3) is 2.11. The molecule has 5 heteroatoms. The molecule has 0 atom stereocenters. The lowest BCUT2D eigenvalue weighted by Gasteiger charge is -2.08. The maximum Gasteiger partial charge on any atom is 0.146 e. The first-order valence-electron chi connectivity index (χ1n) is 5.11. The van der Waals surface area contributed by atoms with E-state index in [2.05, 4.69) is 0 Å². The second-order valence-electron chi connectivity index (χ2n) is 3.70. The first kappa shape index (κ1) is 12.3. The molecule has 0 heterocycles. The highest BCUT2D eigenvalue weighted by Crippen LogP contribution is 2.30. The van der Waals surface area contributed by atoms with Gasteiger partial charge >= 0.3 is 0 Å². The molecule has 94 valence electrons. The van der Waals surface area contributed by atoms with Gasteiger partial charge in [-0.15, -0.1) is 0 Å². The molecule has 2 nitrogen and oxygen atoms in total. The van der Waals surface area contributed by atoms with E-state index < -0.39 is 17.5 Å². The summed E-state index contributed by atoms with van der Waals surface area (Å²) >= 11 is 0. The Morgan fingerprint density at radius 2 is 1.56 bits per heavy atom. The van der Waals surface area contributed by atoms with Crippen LogP contribution in [0.15, 0.2) is 30.3 Å². The van der Waals surface area contributed by atoms with Gasteiger partial charge in [-0.25, -0.2) is 13.2 Å². The number of rotatable bonds is 2. The summed E-state index contributed by atoms with van der Waals surface area (Å²) in [4.78, 5) is 0. The van der Waals surface area contributed by atoms with Gasteiger partial charge in [0.05, 0.1) is 12.8 Å². The smallest absolute Gasteiger partial charge is 0.146 e. The van der Waals surface area contributed by atoms with Crippen LogP contribution in [0.25, 0.3) is 11.1 Å². The summed E-state index contributed by atoms with van der Waals surface area (Å²) in [6.07, 6.45) is 0. The molecule has 0 spiro atoms. The molecule has 0 aromatic heterocycles. The first-order chi connectivity index (χ1) is 8.52. The molecule has 0 saturated heterocycles. The van der Waals surface area contributed by atoms with Gasteiger partial charge in [0, 0.05) is 23.3 Å². The van der Waals surface area contributed by atoms with Crippen molar-refractivity contribution in [2.24, 2.45) is 0 Å². The van der Waals surface area contributed by atoms with Crippen molar-refractivity contribution < 1.29 is 17.9 Å². The highest BCUT2D eigenvalue weighted by molar-refractivity contribution is 5.68. The molecule has 2 rings (SSSR count). The van der Waals surface area contributed by atoms with Gasteiger partial charge in [-0.1, -0.05) is 0 Å². The summed E-state index contributed by atoms with van der Waals surface area (Å²) < 4.78 is 45.5. The third-order valence-electron chi connectivity index (χ3n) is 2.55. The second kappa shape index (κ2) is 4.60. The van der Waals surface area contributed by atoms with E-state index in [1.54, 1.807) is 0 Å².